The van der Waals surface area contributed by atoms with Crippen molar-refractivity contribution >= 4 is 11.6 Å². The fourth-order valence-electron chi connectivity index (χ4n) is 1.42. The Balaban J connectivity index is 2.87. The molecule has 0 spiro atoms. The molecule has 2 rings (SSSR count). The van der Waals surface area contributed by atoms with Crippen LogP contribution in [-0.2, 0) is 7.05 Å². The summed E-state index contributed by atoms with van der Waals surface area (Å²) in [6, 6.07) is 8.17. The molecule has 0 aliphatic rings. The summed E-state index contributed by atoms with van der Waals surface area (Å²) >= 11 is 5.95. The highest BCUT2D eigenvalue weighted by Gasteiger charge is 2.12. The lowest BCUT2D eigenvalue weighted by Gasteiger charge is -2.07. The third-order valence-corrected chi connectivity index (χ3v) is 2.68. The molecule has 1 aromatic heterocycles. The van der Waals surface area contributed by atoms with E-state index in [0.717, 1.165) is 9.25 Å². The van der Waals surface area contributed by atoms with Gasteiger partial charge in [-0.25, -0.2) is 4.79 Å². The monoisotopic (exact) mass is 262 g/mol. The third-order valence-electron chi connectivity index (χ3n) is 2.36. The summed E-state index contributed by atoms with van der Waals surface area (Å²) < 4.78 is 1.75. The molecule has 0 bridgehead atoms. The van der Waals surface area contributed by atoms with Crippen LogP contribution in [0.5, 0.6) is 0 Å². The van der Waals surface area contributed by atoms with Gasteiger partial charge < -0.3 is 0 Å². The van der Waals surface area contributed by atoms with Gasteiger partial charge >= 0.3 is 5.69 Å². The van der Waals surface area contributed by atoms with Crippen molar-refractivity contribution in [3.8, 4) is 11.8 Å². The number of hydrogen-bond acceptors (Lipinski definition) is 4. The lowest BCUT2D eigenvalue weighted by Crippen LogP contribution is -2.40. The molecule has 0 unspecified atom stereocenters. The Morgan fingerprint density at radius 2 is 2.00 bits per heavy atom. The first kappa shape index (κ1) is 12.1. The van der Waals surface area contributed by atoms with E-state index in [4.69, 9.17) is 16.9 Å². The van der Waals surface area contributed by atoms with Gasteiger partial charge in [-0.15, -0.1) is 5.10 Å². The van der Waals surface area contributed by atoms with Crippen molar-refractivity contribution in [1.29, 1.82) is 5.26 Å². The largest absolute Gasteiger partial charge is 0.352 e. The molecule has 0 saturated carbocycles. The molecule has 2 aromatic rings. The Morgan fingerprint density at radius 3 is 2.61 bits per heavy atom. The molecule has 0 N–H and O–H groups in total. The number of nitrogens with zero attached hydrogens (tertiary/aromatic N) is 4. The number of hydrogen-bond donors (Lipinski definition) is 0. The Kier molecular flexibility index (Phi) is 3.00. The molecule has 7 heteroatoms. The Bertz CT molecular complexity index is 770. The van der Waals surface area contributed by atoms with Crippen molar-refractivity contribution in [3.63, 3.8) is 0 Å². The fourth-order valence-corrected chi connectivity index (χ4v) is 1.64. The first-order valence-electron chi connectivity index (χ1n) is 4.91. The summed E-state index contributed by atoms with van der Waals surface area (Å²) in [4.78, 5) is 23.4. The standard InChI is InChI=1S/C11H7ClN4O2/c1-15-10(17)8(6-13)14-16(11(15)18)9-5-3-2-4-7(9)12/h2-5H,1H3. The lowest BCUT2D eigenvalue weighted by atomic mass is 10.3. The van der Waals surface area contributed by atoms with E-state index in [0.29, 0.717) is 10.7 Å². The number of benzene rings is 1. The number of para-hydroxylation sites is 1. The molecular weight excluding hydrogens is 256 g/mol. The van der Waals surface area contributed by atoms with Crippen LogP contribution in [0.25, 0.3) is 5.69 Å². The van der Waals surface area contributed by atoms with Crippen LogP contribution in [0, 0.1) is 11.3 Å². The topological polar surface area (TPSA) is 80.7 Å². The zero-order valence-electron chi connectivity index (χ0n) is 9.29. The van der Waals surface area contributed by atoms with E-state index < -0.39 is 11.2 Å². The summed E-state index contributed by atoms with van der Waals surface area (Å²) in [5.41, 5.74) is -1.44. The average molecular weight is 263 g/mol. The van der Waals surface area contributed by atoms with Crippen LogP contribution in [0.2, 0.25) is 5.02 Å². The smallest absolute Gasteiger partial charge is 0.266 e. The van der Waals surface area contributed by atoms with Gasteiger partial charge in [-0.05, 0) is 12.1 Å². The molecule has 6 nitrogen and oxygen atoms in total. The predicted molar refractivity (Wildman–Crippen MR) is 64.8 cm³/mol. The van der Waals surface area contributed by atoms with Gasteiger partial charge in [0.15, 0.2) is 0 Å². The van der Waals surface area contributed by atoms with Crippen LogP contribution < -0.4 is 11.2 Å². The first-order chi connectivity index (χ1) is 8.56. The second kappa shape index (κ2) is 4.47. The van der Waals surface area contributed by atoms with E-state index in [9.17, 15) is 9.59 Å². The molecule has 90 valence electrons. The number of halogens is 1. The summed E-state index contributed by atoms with van der Waals surface area (Å²) in [7, 11) is 1.28. The van der Waals surface area contributed by atoms with Crippen molar-refractivity contribution in [2.24, 2.45) is 7.05 Å². The summed E-state index contributed by atoms with van der Waals surface area (Å²) in [5.74, 6) is 0. The van der Waals surface area contributed by atoms with Gasteiger partial charge in [0.1, 0.15) is 6.07 Å². The third kappa shape index (κ3) is 1.81. The molecule has 0 aliphatic carbocycles. The van der Waals surface area contributed by atoms with Crippen LogP contribution >= 0.6 is 11.6 Å². The van der Waals surface area contributed by atoms with Gasteiger partial charge in [-0.3, -0.25) is 9.36 Å². The van der Waals surface area contributed by atoms with Crippen LogP contribution in [0.1, 0.15) is 5.69 Å². The number of rotatable bonds is 1. The van der Waals surface area contributed by atoms with Crippen LogP contribution in [0.3, 0.4) is 0 Å². The predicted octanol–water partition coefficient (Wildman–Crippen LogP) is 0.456. The minimum absolute atomic E-state index is 0.301. The van der Waals surface area contributed by atoms with Gasteiger partial charge in [0.2, 0.25) is 5.69 Å². The summed E-state index contributed by atoms with van der Waals surface area (Å²) in [5, 5.41) is 12.8. The highest BCUT2D eigenvalue weighted by atomic mass is 35.5. The Morgan fingerprint density at radius 1 is 1.33 bits per heavy atom. The molecule has 0 radical (unpaired) electrons. The molecule has 0 amide bonds. The molecule has 0 aliphatic heterocycles. The summed E-state index contributed by atoms with van der Waals surface area (Å²) in [6.07, 6.45) is 0. The van der Waals surface area contributed by atoms with Crippen molar-refractivity contribution in [2.45, 2.75) is 0 Å². The van der Waals surface area contributed by atoms with Gasteiger partial charge in [-0.1, -0.05) is 23.7 Å². The zero-order valence-corrected chi connectivity index (χ0v) is 10.0. The number of aromatic nitrogens is 3. The van der Waals surface area contributed by atoms with Crippen molar-refractivity contribution in [2.75, 3.05) is 0 Å². The maximum Gasteiger partial charge on any atom is 0.352 e. The molecule has 0 atom stereocenters. The van der Waals surface area contributed by atoms with E-state index in [1.165, 1.54) is 7.05 Å². The first-order valence-corrected chi connectivity index (χ1v) is 5.29. The molecule has 1 heterocycles. The van der Waals surface area contributed by atoms with E-state index in [-0.39, 0.29) is 5.69 Å². The molecule has 1 aromatic carbocycles. The highest BCUT2D eigenvalue weighted by molar-refractivity contribution is 6.32. The van der Waals surface area contributed by atoms with E-state index in [1.54, 1.807) is 30.3 Å². The van der Waals surface area contributed by atoms with E-state index in [1.807, 2.05) is 0 Å². The number of nitriles is 1. The zero-order chi connectivity index (χ0) is 13.3. The lowest BCUT2D eigenvalue weighted by molar-refractivity contribution is 0.648. The highest BCUT2D eigenvalue weighted by Crippen LogP contribution is 2.16. The second-order valence-corrected chi connectivity index (χ2v) is 3.88. The molecule has 0 saturated heterocycles. The maximum absolute atomic E-state index is 11.9. The average Bonchev–Trinajstić information content (AvgIpc) is 2.38. The Labute approximate surface area is 106 Å². The van der Waals surface area contributed by atoms with Gasteiger partial charge in [0.25, 0.3) is 5.56 Å². The van der Waals surface area contributed by atoms with Gasteiger partial charge in [0, 0.05) is 7.05 Å². The molecule has 0 fully saturated rings. The van der Waals surface area contributed by atoms with E-state index in [2.05, 4.69) is 5.10 Å². The van der Waals surface area contributed by atoms with Crippen molar-refractivity contribution < 1.29 is 0 Å². The SMILES string of the molecule is Cn1c(=O)c(C#N)nn(-c2ccccc2Cl)c1=O. The minimum Gasteiger partial charge on any atom is -0.266 e. The maximum atomic E-state index is 11.9. The van der Waals surface area contributed by atoms with Crippen LogP contribution in [0.4, 0.5) is 0 Å². The molecule has 18 heavy (non-hydrogen) atoms. The minimum atomic E-state index is -0.731. The quantitative estimate of drug-likeness (QED) is 0.748. The normalized spacial score (nSPS) is 10.1. The second-order valence-electron chi connectivity index (χ2n) is 3.47. The van der Waals surface area contributed by atoms with Crippen molar-refractivity contribution in [1.82, 2.24) is 14.3 Å². The Hall–Kier alpha value is -2.39. The fraction of sp³-hybridized carbons (Fsp3) is 0.0909. The van der Waals surface area contributed by atoms with Crippen molar-refractivity contribution in [3.05, 3.63) is 55.8 Å². The van der Waals surface area contributed by atoms with Crippen LogP contribution in [-0.4, -0.2) is 14.3 Å². The van der Waals surface area contributed by atoms with E-state index >= 15 is 0 Å². The molecular formula is C11H7ClN4O2. The summed E-state index contributed by atoms with van der Waals surface area (Å²) in [6.45, 7) is 0. The van der Waals surface area contributed by atoms with Gasteiger partial charge in [0.05, 0.1) is 10.7 Å². The van der Waals surface area contributed by atoms with Crippen LogP contribution in [0.15, 0.2) is 33.9 Å². The van der Waals surface area contributed by atoms with Gasteiger partial charge in [-0.2, -0.15) is 9.94 Å².